The van der Waals surface area contributed by atoms with E-state index in [1.807, 2.05) is 0 Å². The molecule has 0 radical (unpaired) electrons. The summed E-state index contributed by atoms with van der Waals surface area (Å²) in [5.74, 6) is -0.620. The van der Waals surface area contributed by atoms with Crippen LogP contribution in [0.25, 0.3) is 11.4 Å². The first-order valence-corrected chi connectivity index (χ1v) is 7.03. The molecular weight excluding hydrogens is 341 g/mol. The van der Waals surface area contributed by atoms with Crippen molar-refractivity contribution in [3.8, 4) is 11.4 Å². The fourth-order valence-corrected chi connectivity index (χ4v) is 2.65. The maximum Gasteiger partial charge on any atom is 0.357 e. The van der Waals surface area contributed by atoms with Crippen LogP contribution in [0.2, 0.25) is 0 Å². The van der Waals surface area contributed by atoms with Gasteiger partial charge in [-0.15, -0.1) is 0 Å². The Balaban J connectivity index is 2.20. The molecule has 0 atom stereocenters. The molecule has 0 fully saturated rings. The summed E-state index contributed by atoms with van der Waals surface area (Å²) >= 11 is 3.35. The minimum Gasteiger partial charge on any atom is -0.464 e. The molecule has 1 aromatic heterocycles. The SMILES string of the molecule is COC(=O)c1nc(-c2cc(F)ccc2Br)nc2c1CNC2. The number of hydrogen-bond donors (Lipinski definition) is 1. The van der Waals surface area contributed by atoms with Crippen molar-refractivity contribution in [3.63, 3.8) is 0 Å². The van der Waals surface area contributed by atoms with Gasteiger partial charge < -0.3 is 10.1 Å². The third kappa shape index (κ3) is 2.54. The smallest absolute Gasteiger partial charge is 0.357 e. The van der Waals surface area contributed by atoms with Crippen molar-refractivity contribution < 1.29 is 13.9 Å². The van der Waals surface area contributed by atoms with Crippen LogP contribution in [-0.4, -0.2) is 23.0 Å². The monoisotopic (exact) mass is 351 g/mol. The molecule has 0 spiro atoms. The number of nitrogens with zero attached hydrogens (tertiary/aromatic N) is 2. The Bertz CT molecular complexity index is 736. The zero-order valence-electron chi connectivity index (χ0n) is 11.1. The van der Waals surface area contributed by atoms with Crippen LogP contribution < -0.4 is 5.32 Å². The number of fused-ring (bicyclic) bond motifs is 1. The van der Waals surface area contributed by atoms with Gasteiger partial charge in [0.2, 0.25) is 0 Å². The van der Waals surface area contributed by atoms with Crippen molar-refractivity contribution >= 4 is 21.9 Å². The molecule has 108 valence electrons. The molecule has 1 aliphatic heterocycles. The van der Waals surface area contributed by atoms with E-state index in [4.69, 9.17) is 4.74 Å². The molecule has 1 aliphatic rings. The molecule has 7 heteroatoms. The summed E-state index contributed by atoms with van der Waals surface area (Å²) in [6.45, 7) is 1.06. The number of aromatic nitrogens is 2. The van der Waals surface area contributed by atoms with Gasteiger partial charge in [0.1, 0.15) is 5.82 Å². The van der Waals surface area contributed by atoms with Crippen LogP contribution in [0.15, 0.2) is 22.7 Å². The predicted molar refractivity (Wildman–Crippen MR) is 77.0 cm³/mol. The third-order valence-electron chi connectivity index (χ3n) is 3.24. The van der Waals surface area contributed by atoms with Gasteiger partial charge in [-0.3, -0.25) is 0 Å². The fourth-order valence-electron chi connectivity index (χ4n) is 2.22. The van der Waals surface area contributed by atoms with Crippen molar-refractivity contribution in [1.29, 1.82) is 0 Å². The molecule has 2 heterocycles. The second-order valence-electron chi connectivity index (χ2n) is 4.54. The van der Waals surface area contributed by atoms with Crippen molar-refractivity contribution in [2.45, 2.75) is 13.1 Å². The zero-order valence-corrected chi connectivity index (χ0v) is 12.7. The fraction of sp³-hybridized carbons (Fsp3) is 0.214. The van der Waals surface area contributed by atoms with Gasteiger partial charge in [-0.05, 0) is 18.2 Å². The Labute approximate surface area is 128 Å². The number of benzene rings is 1. The van der Waals surface area contributed by atoms with Crippen LogP contribution in [0.5, 0.6) is 0 Å². The number of rotatable bonds is 2. The van der Waals surface area contributed by atoms with Gasteiger partial charge in [0.05, 0.1) is 12.8 Å². The van der Waals surface area contributed by atoms with Crippen molar-refractivity contribution in [1.82, 2.24) is 15.3 Å². The Morgan fingerprint density at radius 3 is 2.95 bits per heavy atom. The van der Waals surface area contributed by atoms with Gasteiger partial charge >= 0.3 is 5.97 Å². The number of methoxy groups -OCH3 is 1. The molecule has 21 heavy (non-hydrogen) atoms. The molecule has 3 rings (SSSR count). The van der Waals surface area contributed by atoms with Gasteiger partial charge in [0.25, 0.3) is 0 Å². The van der Waals surface area contributed by atoms with Crippen molar-refractivity contribution in [2.24, 2.45) is 0 Å². The Kier molecular flexibility index (Phi) is 3.69. The number of carbonyl (C=O) groups excluding carboxylic acids is 1. The minimum absolute atomic E-state index is 0.221. The summed E-state index contributed by atoms with van der Waals surface area (Å²) in [6, 6.07) is 4.25. The normalized spacial score (nSPS) is 13.1. The van der Waals surface area contributed by atoms with Crippen LogP contribution in [-0.2, 0) is 17.8 Å². The lowest BCUT2D eigenvalue weighted by molar-refractivity contribution is 0.0592. The predicted octanol–water partition coefficient (Wildman–Crippen LogP) is 2.44. The van der Waals surface area contributed by atoms with Gasteiger partial charge in [-0.25, -0.2) is 19.2 Å². The average Bonchev–Trinajstić information content (AvgIpc) is 2.96. The number of ether oxygens (including phenoxy) is 1. The largest absolute Gasteiger partial charge is 0.464 e. The standard InChI is InChI=1S/C14H11BrFN3O2/c1-21-14(20)12-9-5-17-6-11(9)18-13(19-12)8-4-7(16)2-3-10(8)15/h2-4,17H,5-6H2,1H3. The van der Waals surface area contributed by atoms with Crippen LogP contribution in [0.4, 0.5) is 4.39 Å². The van der Waals surface area contributed by atoms with Crippen LogP contribution in [0, 0.1) is 5.82 Å². The maximum atomic E-state index is 13.5. The number of nitrogens with one attached hydrogen (secondary N) is 1. The number of halogens is 2. The van der Waals surface area contributed by atoms with E-state index in [2.05, 4.69) is 31.2 Å². The number of esters is 1. The molecule has 0 unspecified atom stereocenters. The Morgan fingerprint density at radius 2 is 2.19 bits per heavy atom. The van der Waals surface area contributed by atoms with Crippen LogP contribution in [0.1, 0.15) is 21.7 Å². The number of hydrogen-bond acceptors (Lipinski definition) is 5. The molecule has 1 N–H and O–H groups in total. The van der Waals surface area contributed by atoms with Crippen molar-refractivity contribution in [3.05, 3.63) is 45.4 Å². The summed E-state index contributed by atoms with van der Waals surface area (Å²) in [4.78, 5) is 20.6. The molecule has 0 bridgehead atoms. The first kappa shape index (κ1) is 14.1. The van der Waals surface area contributed by atoms with Gasteiger partial charge in [-0.1, -0.05) is 15.9 Å². The highest BCUT2D eigenvalue weighted by Gasteiger charge is 2.24. The van der Waals surface area contributed by atoms with E-state index in [0.29, 0.717) is 29.0 Å². The van der Waals surface area contributed by atoms with E-state index in [-0.39, 0.29) is 5.69 Å². The first-order valence-electron chi connectivity index (χ1n) is 6.24. The lowest BCUT2D eigenvalue weighted by Crippen LogP contribution is -2.12. The lowest BCUT2D eigenvalue weighted by atomic mass is 10.1. The summed E-state index contributed by atoms with van der Waals surface area (Å²) < 4.78 is 18.9. The second-order valence-corrected chi connectivity index (χ2v) is 5.39. The molecule has 1 aromatic carbocycles. The topological polar surface area (TPSA) is 64.1 Å². The highest BCUT2D eigenvalue weighted by molar-refractivity contribution is 9.10. The van der Waals surface area contributed by atoms with E-state index in [1.165, 1.54) is 19.2 Å². The second kappa shape index (κ2) is 5.50. The first-order chi connectivity index (χ1) is 10.1. The summed E-state index contributed by atoms with van der Waals surface area (Å²) in [6.07, 6.45) is 0. The summed E-state index contributed by atoms with van der Waals surface area (Å²) in [5, 5.41) is 3.12. The molecule has 2 aromatic rings. The quantitative estimate of drug-likeness (QED) is 0.842. The highest BCUT2D eigenvalue weighted by Crippen LogP contribution is 2.29. The van der Waals surface area contributed by atoms with Gasteiger partial charge in [0.15, 0.2) is 11.5 Å². The van der Waals surface area contributed by atoms with E-state index < -0.39 is 11.8 Å². The molecule has 0 saturated carbocycles. The zero-order chi connectivity index (χ0) is 15.0. The van der Waals surface area contributed by atoms with Crippen LogP contribution >= 0.6 is 15.9 Å². The van der Waals surface area contributed by atoms with E-state index in [0.717, 1.165) is 11.3 Å². The van der Waals surface area contributed by atoms with Crippen molar-refractivity contribution in [2.75, 3.05) is 7.11 Å². The molecule has 5 nitrogen and oxygen atoms in total. The molecule has 0 amide bonds. The molecule has 0 aliphatic carbocycles. The van der Waals surface area contributed by atoms with Gasteiger partial charge in [0, 0.05) is 28.7 Å². The Hall–Kier alpha value is -1.86. The number of carbonyl (C=O) groups is 1. The van der Waals surface area contributed by atoms with Gasteiger partial charge in [-0.2, -0.15) is 0 Å². The lowest BCUT2D eigenvalue weighted by Gasteiger charge is -2.09. The Morgan fingerprint density at radius 1 is 1.38 bits per heavy atom. The average molecular weight is 352 g/mol. The molecular formula is C14H11BrFN3O2. The van der Waals surface area contributed by atoms with E-state index in [1.54, 1.807) is 6.07 Å². The third-order valence-corrected chi connectivity index (χ3v) is 3.93. The maximum absolute atomic E-state index is 13.5. The van der Waals surface area contributed by atoms with E-state index in [9.17, 15) is 9.18 Å². The minimum atomic E-state index is -0.522. The highest BCUT2D eigenvalue weighted by atomic mass is 79.9. The summed E-state index contributed by atoms with van der Waals surface area (Å²) in [7, 11) is 1.30. The summed E-state index contributed by atoms with van der Waals surface area (Å²) in [5.41, 5.74) is 2.18. The van der Waals surface area contributed by atoms with Crippen LogP contribution in [0.3, 0.4) is 0 Å². The van der Waals surface area contributed by atoms with E-state index >= 15 is 0 Å². The molecule has 0 saturated heterocycles.